The van der Waals surface area contributed by atoms with E-state index in [1.807, 2.05) is 6.92 Å². The van der Waals surface area contributed by atoms with Crippen molar-refractivity contribution in [3.05, 3.63) is 29.1 Å². The first-order valence-corrected chi connectivity index (χ1v) is 6.38. The Morgan fingerprint density at radius 1 is 1.39 bits per heavy atom. The van der Waals surface area contributed by atoms with Crippen LogP contribution < -0.4 is 10.5 Å². The molecule has 0 saturated carbocycles. The molecule has 1 atom stereocenters. The van der Waals surface area contributed by atoms with Crippen LogP contribution in [0.3, 0.4) is 0 Å². The minimum absolute atomic E-state index is 0.140. The smallest absolute Gasteiger partial charge is 0.126 e. The minimum Gasteiger partial charge on any atom is -0.490 e. The minimum atomic E-state index is -0.241. The average molecular weight is 253 g/mol. The van der Waals surface area contributed by atoms with Gasteiger partial charge < -0.3 is 15.2 Å². The number of hydrogen-bond donors (Lipinski definition) is 1. The van der Waals surface area contributed by atoms with Crippen LogP contribution in [0.15, 0.2) is 12.1 Å². The number of halogens is 1. The highest BCUT2D eigenvalue weighted by Gasteiger charge is 2.19. The van der Waals surface area contributed by atoms with Gasteiger partial charge in [-0.3, -0.25) is 0 Å². The predicted molar refractivity (Wildman–Crippen MR) is 68.2 cm³/mol. The van der Waals surface area contributed by atoms with Gasteiger partial charge in [0.2, 0.25) is 0 Å². The second-order valence-corrected chi connectivity index (χ2v) is 4.86. The predicted octanol–water partition coefficient (Wildman–Crippen LogP) is 2.71. The fourth-order valence-corrected chi connectivity index (χ4v) is 2.10. The van der Waals surface area contributed by atoms with Gasteiger partial charge in [0.15, 0.2) is 0 Å². The fraction of sp³-hybridized carbons (Fsp3) is 0.571. The van der Waals surface area contributed by atoms with E-state index in [4.69, 9.17) is 15.2 Å². The third-order valence-corrected chi connectivity index (χ3v) is 3.24. The van der Waals surface area contributed by atoms with E-state index in [-0.39, 0.29) is 18.0 Å². The van der Waals surface area contributed by atoms with Crippen LogP contribution in [0.5, 0.6) is 5.75 Å². The highest BCUT2D eigenvalue weighted by molar-refractivity contribution is 5.40. The third kappa shape index (κ3) is 3.00. The first kappa shape index (κ1) is 13.3. The second kappa shape index (κ2) is 5.67. The van der Waals surface area contributed by atoms with Crippen LogP contribution in [0.2, 0.25) is 0 Å². The molecule has 3 nitrogen and oxygen atoms in total. The summed E-state index contributed by atoms with van der Waals surface area (Å²) in [6.07, 6.45) is 1.88. The molecule has 0 amide bonds. The number of benzene rings is 1. The maximum Gasteiger partial charge on any atom is 0.126 e. The van der Waals surface area contributed by atoms with E-state index in [0.29, 0.717) is 11.3 Å². The lowest BCUT2D eigenvalue weighted by Crippen LogP contribution is -2.26. The van der Waals surface area contributed by atoms with Gasteiger partial charge in [-0.1, -0.05) is 0 Å². The summed E-state index contributed by atoms with van der Waals surface area (Å²) in [5, 5.41) is 0. The summed E-state index contributed by atoms with van der Waals surface area (Å²) in [7, 11) is 0. The molecule has 1 heterocycles. The summed E-state index contributed by atoms with van der Waals surface area (Å²) in [6, 6.07) is 2.98. The molecule has 1 unspecified atom stereocenters. The molecule has 0 spiro atoms. The highest BCUT2D eigenvalue weighted by Crippen LogP contribution is 2.29. The zero-order valence-corrected chi connectivity index (χ0v) is 10.9. The number of ether oxygens (including phenoxy) is 2. The van der Waals surface area contributed by atoms with Crippen LogP contribution in [0.25, 0.3) is 0 Å². The van der Waals surface area contributed by atoms with Crippen molar-refractivity contribution < 1.29 is 13.9 Å². The normalized spacial score (nSPS) is 18.7. The van der Waals surface area contributed by atoms with Crippen LogP contribution in [-0.2, 0) is 4.74 Å². The van der Waals surface area contributed by atoms with Crippen molar-refractivity contribution in [2.45, 2.75) is 38.8 Å². The Bertz CT molecular complexity index is 415. The van der Waals surface area contributed by atoms with Gasteiger partial charge in [-0.05, 0) is 31.5 Å². The number of nitrogens with two attached hydrogens (primary N) is 1. The Hall–Kier alpha value is -1.13. The SMILES string of the molecule is Cc1cc(OC2CCOCC2)c(C(C)N)cc1F. The van der Waals surface area contributed by atoms with Crippen molar-refractivity contribution in [1.82, 2.24) is 0 Å². The monoisotopic (exact) mass is 253 g/mol. The lowest BCUT2D eigenvalue weighted by atomic mass is 10.0. The standard InChI is InChI=1S/C14H20FNO2/c1-9-7-14(12(10(2)16)8-13(9)15)18-11-3-5-17-6-4-11/h7-8,10-11H,3-6,16H2,1-2H3. The van der Waals surface area contributed by atoms with Gasteiger partial charge in [0.05, 0.1) is 13.2 Å². The van der Waals surface area contributed by atoms with Gasteiger partial charge in [-0.25, -0.2) is 4.39 Å². The molecule has 1 aliphatic rings. The van der Waals surface area contributed by atoms with Crippen molar-refractivity contribution in [1.29, 1.82) is 0 Å². The Kier molecular flexibility index (Phi) is 4.19. The molecule has 1 fully saturated rings. The molecule has 4 heteroatoms. The van der Waals surface area contributed by atoms with Crippen LogP contribution >= 0.6 is 0 Å². The molecular weight excluding hydrogens is 233 g/mol. The molecule has 1 saturated heterocycles. The summed E-state index contributed by atoms with van der Waals surface area (Å²) < 4.78 is 24.8. The molecule has 0 aliphatic carbocycles. The van der Waals surface area contributed by atoms with Crippen molar-refractivity contribution in [2.24, 2.45) is 5.73 Å². The van der Waals surface area contributed by atoms with E-state index in [9.17, 15) is 4.39 Å². The lowest BCUT2D eigenvalue weighted by Gasteiger charge is -2.25. The quantitative estimate of drug-likeness (QED) is 0.900. The summed E-state index contributed by atoms with van der Waals surface area (Å²) in [4.78, 5) is 0. The molecule has 1 aliphatic heterocycles. The van der Waals surface area contributed by atoms with Gasteiger partial charge in [0.25, 0.3) is 0 Å². The Labute approximate surface area is 107 Å². The molecule has 18 heavy (non-hydrogen) atoms. The molecule has 0 bridgehead atoms. The number of aryl methyl sites for hydroxylation is 1. The maximum atomic E-state index is 13.6. The summed E-state index contributed by atoms with van der Waals surface area (Å²) >= 11 is 0. The largest absolute Gasteiger partial charge is 0.490 e. The van der Waals surface area contributed by atoms with Crippen LogP contribution in [-0.4, -0.2) is 19.3 Å². The molecule has 0 radical (unpaired) electrons. The van der Waals surface area contributed by atoms with E-state index in [1.165, 1.54) is 6.07 Å². The Balaban J connectivity index is 2.21. The van der Waals surface area contributed by atoms with Crippen LogP contribution in [0.4, 0.5) is 4.39 Å². The van der Waals surface area contributed by atoms with Crippen LogP contribution in [0.1, 0.15) is 36.9 Å². The first-order chi connectivity index (χ1) is 8.58. The van der Waals surface area contributed by atoms with Crippen molar-refractivity contribution in [3.63, 3.8) is 0 Å². The number of rotatable bonds is 3. The van der Waals surface area contributed by atoms with Gasteiger partial charge >= 0.3 is 0 Å². The third-order valence-electron chi connectivity index (χ3n) is 3.24. The Morgan fingerprint density at radius 3 is 2.67 bits per heavy atom. The van der Waals surface area contributed by atoms with Gasteiger partial charge in [0, 0.05) is 24.4 Å². The maximum absolute atomic E-state index is 13.6. The second-order valence-electron chi connectivity index (χ2n) is 4.86. The topological polar surface area (TPSA) is 44.5 Å². The van der Waals surface area contributed by atoms with E-state index in [1.54, 1.807) is 13.0 Å². The molecule has 2 rings (SSSR count). The van der Waals surface area contributed by atoms with Gasteiger partial charge in [-0.2, -0.15) is 0 Å². The zero-order chi connectivity index (χ0) is 13.1. The average Bonchev–Trinajstić information content (AvgIpc) is 2.34. The van der Waals surface area contributed by atoms with E-state index in [2.05, 4.69) is 0 Å². The molecular formula is C14H20FNO2. The van der Waals surface area contributed by atoms with Crippen molar-refractivity contribution in [3.8, 4) is 5.75 Å². The first-order valence-electron chi connectivity index (χ1n) is 6.38. The molecule has 1 aromatic carbocycles. The molecule has 2 N–H and O–H groups in total. The van der Waals surface area contributed by atoms with Crippen LogP contribution in [0, 0.1) is 12.7 Å². The van der Waals surface area contributed by atoms with E-state index >= 15 is 0 Å². The fourth-order valence-electron chi connectivity index (χ4n) is 2.10. The van der Waals surface area contributed by atoms with Crippen molar-refractivity contribution >= 4 is 0 Å². The molecule has 1 aromatic rings. The summed E-state index contributed by atoms with van der Waals surface area (Å²) in [5.74, 6) is 0.470. The van der Waals surface area contributed by atoms with E-state index in [0.717, 1.165) is 31.6 Å². The summed E-state index contributed by atoms with van der Waals surface area (Å²) in [5.41, 5.74) is 7.18. The molecule has 0 aromatic heterocycles. The number of hydrogen-bond acceptors (Lipinski definition) is 3. The van der Waals surface area contributed by atoms with Crippen molar-refractivity contribution in [2.75, 3.05) is 13.2 Å². The summed E-state index contributed by atoms with van der Waals surface area (Å²) in [6.45, 7) is 5.01. The van der Waals surface area contributed by atoms with E-state index < -0.39 is 0 Å². The zero-order valence-electron chi connectivity index (χ0n) is 10.9. The van der Waals surface area contributed by atoms with Gasteiger partial charge in [-0.15, -0.1) is 0 Å². The Morgan fingerprint density at radius 2 is 2.06 bits per heavy atom. The molecule has 100 valence electrons. The van der Waals surface area contributed by atoms with Gasteiger partial charge in [0.1, 0.15) is 17.7 Å². The lowest BCUT2D eigenvalue weighted by molar-refractivity contribution is 0.0250. The highest BCUT2D eigenvalue weighted by atomic mass is 19.1.